The number of carbonyl (C=O) groups excluding carboxylic acids is 1. The lowest BCUT2D eigenvalue weighted by molar-refractivity contribution is -0.757. The minimum atomic E-state index is -1.04. The molecule has 0 aromatic heterocycles. The fraction of sp³-hybridized carbons (Fsp3) is 0.222. The van der Waals surface area contributed by atoms with Crippen molar-refractivity contribution in [3.05, 3.63) is 44.0 Å². The monoisotopic (exact) mass is 272 g/mol. The van der Waals surface area contributed by atoms with Crippen LogP contribution in [0.15, 0.2) is 18.2 Å². The number of phenols is 1. The second kappa shape index (κ2) is 6.14. The third-order valence-electron chi connectivity index (χ3n) is 1.92. The summed E-state index contributed by atoms with van der Waals surface area (Å²) in [5, 5.41) is 28.5. The van der Waals surface area contributed by atoms with E-state index < -0.39 is 34.0 Å². The summed E-state index contributed by atoms with van der Waals surface area (Å²) in [5.74, 6) is -1.51. The molecule has 10 heteroatoms. The van der Waals surface area contributed by atoms with E-state index in [1.807, 2.05) is 0 Å². The number of phenolic OH excluding ortho intramolecular Hbond substituents is 1. The van der Waals surface area contributed by atoms with Crippen LogP contribution in [-0.4, -0.2) is 34.3 Å². The standard InChI is InChI=1S/C9H8N2O8/c12-8-2-1-6(5-7(8)10(14)15)9(13)18-3-4-19-11(16)17/h1-2,5,12H,3-4H2. The maximum Gasteiger partial charge on any atom is 0.338 e. The number of carbonyl (C=O) groups is 1. The number of rotatable bonds is 6. The Bertz CT molecular complexity index is 515. The maximum absolute atomic E-state index is 11.4. The number of aromatic hydroxyl groups is 1. The van der Waals surface area contributed by atoms with E-state index >= 15 is 0 Å². The first-order valence-electron chi connectivity index (χ1n) is 4.83. The summed E-state index contributed by atoms with van der Waals surface area (Å²) in [6.07, 6.45) is 0. The molecule has 0 bridgehead atoms. The number of benzene rings is 1. The normalized spacial score (nSPS) is 9.68. The highest BCUT2D eigenvalue weighted by Crippen LogP contribution is 2.26. The molecule has 0 saturated heterocycles. The third-order valence-corrected chi connectivity index (χ3v) is 1.92. The van der Waals surface area contributed by atoms with Gasteiger partial charge in [-0.2, -0.15) is 0 Å². The first-order chi connectivity index (χ1) is 8.91. The summed E-state index contributed by atoms with van der Waals surface area (Å²) < 4.78 is 4.58. The van der Waals surface area contributed by atoms with Crippen molar-refractivity contribution >= 4 is 11.7 Å². The number of hydrogen-bond donors (Lipinski definition) is 1. The lowest BCUT2D eigenvalue weighted by Crippen LogP contribution is -2.13. The van der Waals surface area contributed by atoms with E-state index in [2.05, 4.69) is 9.57 Å². The minimum Gasteiger partial charge on any atom is -0.502 e. The van der Waals surface area contributed by atoms with E-state index in [9.17, 15) is 30.1 Å². The summed E-state index contributed by atoms with van der Waals surface area (Å²) in [4.78, 5) is 34.8. The molecule has 0 radical (unpaired) electrons. The van der Waals surface area contributed by atoms with Crippen molar-refractivity contribution in [2.45, 2.75) is 0 Å². The van der Waals surface area contributed by atoms with Crippen molar-refractivity contribution in [3.63, 3.8) is 0 Å². The van der Waals surface area contributed by atoms with Crippen LogP contribution in [0.3, 0.4) is 0 Å². The molecule has 0 spiro atoms. The van der Waals surface area contributed by atoms with Gasteiger partial charge in [-0.15, -0.1) is 10.1 Å². The van der Waals surface area contributed by atoms with Gasteiger partial charge in [-0.3, -0.25) is 10.1 Å². The summed E-state index contributed by atoms with van der Waals surface area (Å²) in [6.45, 7) is -0.826. The van der Waals surface area contributed by atoms with Gasteiger partial charge >= 0.3 is 11.7 Å². The number of nitro benzene ring substituents is 1. The van der Waals surface area contributed by atoms with E-state index in [1.54, 1.807) is 0 Å². The van der Waals surface area contributed by atoms with Gasteiger partial charge in [-0.1, -0.05) is 0 Å². The highest BCUT2D eigenvalue weighted by Gasteiger charge is 2.17. The molecule has 1 aromatic carbocycles. The number of ether oxygens (including phenoxy) is 1. The molecule has 0 amide bonds. The van der Waals surface area contributed by atoms with Crippen molar-refractivity contribution in [1.82, 2.24) is 0 Å². The van der Waals surface area contributed by atoms with Gasteiger partial charge in [-0.05, 0) is 12.1 Å². The van der Waals surface area contributed by atoms with Crippen molar-refractivity contribution in [1.29, 1.82) is 0 Å². The Morgan fingerprint density at radius 2 is 1.95 bits per heavy atom. The van der Waals surface area contributed by atoms with Gasteiger partial charge in [0.1, 0.15) is 13.2 Å². The number of nitro groups is 1. The highest BCUT2D eigenvalue weighted by atomic mass is 17.0. The largest absolute Gasteiger partial charge is 0.502 e. The van der Waals surface area contributed by atoms with Crippen LogP contribution in [0, 0.1) is 20.2 Å². The van der Waals surface area contributed by atoms with Crippen LogP contribution in [0.25, 0.3) is 0 Å². The summed E-state index contributed by atoms with van der Waals surface area (Å²) in [6, 6.07) is 2.94. The Kier molecular flexibility index (Phi) is 4.57. The van der Waals surface area contributed by atoms with Crippen molar-refractivity contribution in [3.8, 4) is 5.75 Å². The van der Waals surface area contributed by atoms with Gasteiger partial charge in [0.05, 0.1) is 10.5 Å². The molecule has 10 nitrogen and oxygen atoms in total. The molecule has 0 atom stereocenters. The topological polar surface area (TPSA) is 142 Å². The van der Waals surface area contributed by atoms with Crippen LogP contribution in [-0.2, 0) is 9.57 Å². The zero-order valence-corrected chi connectivity index (χ0v) is 9.35. The van der Waals surface area contributed by atoms with Crippen LogP contribution in [0.5, 0.6) is 5.75 Å². The zero-order valence-electron chi connectivity index (χ0n) is 9.35. The Morgan fingerprint density at radius 1 is 1.26 bits per heavy atom. The zero-order chi connectivity index (χ0) is 14.4. The fourth-order valence-electron chi connectivity index (χ4n) is 1.13. The van der Waals surface area contributed by atoms with Crippen LogP contribution < -0.4 is 0 Å². The van der Waals surface area contributed by atoms with Crippen LogP contribution in [0.1, 0.15) is 10.4 Å². The molecule has 19 heavy (non-hydrogen) atoms. The molecule has 0 fully saturated rings. The molecule has 1 aromatic rings. The molecule has 0 saturated carbocycles. The Hall–Kier alpha value is -2.91. The van der Waals surface area contributed by atoms with Crippen LogP contribution in [0.2, 0.25) is 0 Å². The highest BCUT2D eigenvalue weighted by molar-refractivity contribution is 5.90. The van der Waals surface area contributed by atoms with Crippen LogP contribution in [0.4, 0.5) is 5.69 Å². The molecule has 102 valence electrons. The van der Waals surface area contributed by atoms with Crippen molar-refractivity contribution in [2.75, 3.05) is 13.2 Å². The van der Waals surface area contributed by atoms with Gasteiger partial charge in [0.25, 0.3) is 5.09 Å². The predicted molar refractivity (Wildman–Crippen MR) is 58.0 cm³/mol. The maximum atomic E-state index is 11.4. The molecule has 0 aliphatic carbocycles. The summed E-state index contributed by atoms with van der Waals surface area (Å²) in [5.41, 5.74) is -0.804. The minimum absolute atomic E-state index is 0.161. The molecule has 0 unspecified atom stereocenters. The van der Waals surface area contributed by atoms with Gasteiger partial charge < -0.3 is 14.7 Å². The van der Waals surface area contributed by atoms with E-state index in [-0.39, 0.29) is 12.2 Å². The van der Waals surface area contributed by atoms with E-state index in [0.29, 0.717) is 0 Å². The molecule has 0 aliphatic rings. The number of hydrogen-bond acceptors (Lipinski definition) is 8. The summed E-state index contributed by atoms with van der Waals surface area (Å²) in [7, 11) is 0. The van der Waals surface area contributed by atoms with E-state index in [4.69, 9.17) is 0 Å². The lowest BCUT2D eigenvalue weighted by atomic mass is 10.2. The smallest absolute Gasteiger partial charge is 0.338 e. The number of esters is 1. The van der Waals surface area contributed by atoms with Gasteiger partial charge in [-0.25, -0.2) is 4.79 Å². The molecule has 1 rings (SSSR count). The van der Waals surface area contributed by atoms with E-state index in [1.165, 1.54) is 0 Å². The molecule has 0 aliphatic heterocycles. The average molecular weight is 272 g/mol. The first kappa shape index (κ1) is 14.2. The average Bonchev–Trinajstić information content (AvgIpc) is 2.34. The molecule has 0 heterocycles. The Labute approximate surface area is 105 Å². The van der Waals surface area contributed by atoms with E-state index in [0.717, 1.165) is 18.2 Å². The third kappa shape index (κ3) is 4.11. The quantitative estimate of drug-likeness (QED) is 0.344. The van der Waals surface area contributed by atoms with Crippen molar-refractivity contribution in [2.24, 2.45) is 0 Å². The predicted octanol–water partition coefficient (Wildman–Crippen LogP) is 0.665. The number of nitrogens with zero attached hydrogens (tertiary/aromatic N) is 2. The lowest BCUT2D eigenvalue weighted by Gasteiger charge is -2.04. The summed E-state index contributed by atoms with van der Waals surface area (Å²) >= 11 is 0. The fourth-order valence-corrected chi connectivity index (χ4v) is 1.13. The molecular formula is C9H8N2O8. The first-order valence-corrected chi connectivity index (χ1v) is 4.83. The van der Waals surface area contributed by atoms with Crippen molar-refractivity contribution < 1.29 is 29.5 Å². The van der Waals surface area contributed by atoms with Crippen LogP contribution >= 0.6 is 0 Å². The van der Waals surface area contributed by atoms with Gasteiger partial charge in [0.2, 0.25) is 0 Å². The SMILES string of the molecule is O=C(OCCO[N+](=O)[O-])c1ccc(O)c([N+](=O)[O-])c1. The Balaban J connectivity index is 2.65. The second-order valence-corrected chi connectivity index (χ2v) is 3.15. The molecular weight excluding hydrogens is 264 g/mol. The molecule has 1 N–H and O–H groups in total. The second-order valence-electron chi connectivity index (χ2n) is 3.15. The Morgan fingerprint density at radius 3 is 2.53 bits per heavy atom. The van der Waals surface area contributed by atoms with Gasteiger partial charge in [0, 0.05) is 6.07 Å². The van der Waals surface area contributed by atoms with Gasteiger partial charge in [0.15, 0.2) is 5.75 Å².